The summed E-state index contributed by atoms with van der Waals surface area (Å²) in [6, 6.07) is 13.8. The molecule has 0 bridgehead atoms. The summed E-state index contributed by atoms with van der Waals surface area (Å²) in [6.45, 7) is 0. The molecule has 0 saturated heterocycles. The Kier molecular flexibility index (Phi) is 5.93. The number of thiazole rings is 1. The molecule has 0 aliphatic heterocycles. The number of hydrogen-bond acceptors (Lipinski definition) is 6. The van der Waals surface area contributed by atoms with Crippen molar-refractivity contribution in [2.24, 2.45) is 0 Å². The van der Waals surface area contributed by atoms with Gasteiger partial charge in [0, 0.05) is 27.5 Å². The number of rotatable bonds is 6. The van der Waals surface area contributed by atoms with Crippen LogP contribution in [-0.2, 0) is 21.1 Å². The third-order valence-electron chi connectivity index (χ3n) is 3.54. The van der Waals surface area contributed by atoms with Crippen LogP contribution in [0.15, 0.2) is 63.3 Å². The third kappa shape index (κ3) is 5.62. The first-order chi connectivity index (χ1) is 12.8. The fourth-order valence-corrected chi connectivity index (χ4v) is 4.05. The Bertz CT molecular complexity index is 1060. The molecule has 0 fully saturated rings. The maximum atomic E-state index is 12.2. The van der Waals surface area contributed by atoms with Crippen molar-refractivity contribution in [1.29, 1.82) is 0 Å². The summed E-state index contributed by atoms with van der Waals surface area (Å²) >= 11 is 4.74. The van der Waals surface area contributed by atoms with Crippen LogP contribution in [0.2, 0.25) is 0 Å². The molecule has 3 aromatic rings. The summed E-state index contributed by atoms with van der Waals surface area (Å²) < 4.78 is 23.9. The number of carbonyl (C=O) groups is 1. The normalized spacial score (nSPS) is 11.2. The molecule has 0 atom stereocenters. The Hall–Kier alpha value is -2.23. The monoisotopic (exact) mass is 465 g/mol. The van der Waals surface area contributed by atoms with E-state index in [2.05, 4.69) is 31.5 Å². The van der Waals surface area contributed by atoms with E-state index in [0.29, 0.717) is 16.5 Å². The second-order valence-corrected chi connectivity index (χ2v) is 9.59. The summed E-state index contributed by atoms with van der Waals surface area (Å²) in [6.07, 6.45) is 1.33. The molecule has 0 radical (unpaired) electrons. The lowest BCUT2D eigenvalue weighted by Crippen LogP contribution is -2.14. The summed E-state index contributed by atoms with van der Waals surface area (Å²) in [7, 11) is -3.22. The highest BCUT2D eigenvalue weighted by atomic mass is 79.9. The van der Waals surface area contributed by atoms with Crippen molar-refractivity contribution in [3.63, 3.8) is 0 Å². The van der Waals surface area contributed by atoms with Crippen molar-refractivity contribution in [3.05, 3.63) is 64.1 Å². The SMILES string of the molecule is CS(=O)(=O)c1ccc(Nc2nc(CC(=O)Nc3cccc(Br)c3)cs2)cc1. The second-order valence-electron chi connectivity index (χ2n) is 5.80. The van der Waals surface area contributed by atoms with E-state index in [4.69, 9.17) is 0 Å². The van der Waals surface area contributed by atoms with E-state index in [0.717, 1.165) is 10.2 Å². The quantitative estimate of drug-likeness (QED) is 0.568. The Labute approximate surface area is 169 Å². The van der Waals surface area contributed by atoms with Crippen molar-refractivity contribution >= 4 is 59.5 Å². The predicted molar refractivity (Wildman–Crippen MR) is 111 cm³/mol. The largest absolute Gasteiger partial charge is 0.332 e. The van der Waals surface area contributed by atoms with Gasteiger partial charge in [0.1, 0.15) is 0 Å². The molecule has 0 aliphatic rings. The lowest BCUT2D eigenvalue weighted by Gasteiger charge is -2.05. The average molecular weight is 466 g/mol. The van der Waals surface area contributed by atoms with Crippen LogP contribution in [0.4, 0.5) is 16.5 Å². The number of benzene rings is 2. The number of nitrogens with one attached hydrogen (secondary N) is 2. The molecule has 0 aliphatic carbocycles. The first-order valence-electron chi connectivity index (χ1n) is 7.86. The molecule has 0 spiro atoms. The number of aromatic nitrogens is 1. The number of carbonyl (C=O) groups excluding carboxylic acids is 1. The van der Waals surface area contributed by atoms with Gasteiger partial charge in [-0.1, -0.05) is 22.0 Å². The molecule has 1 heterocycles. The molecule has 3 rings (SSSR count). The van der Waals surface area contributed by atoms with E-state index in [1.54, 1.807) is 12.1 Å². The van der Waals surface area contributed by atoms with Crippen LogP contribution in [0.25, 0.3) is 0 Å². The minimum Gasteiger partial charge on any atom is -0.332 e. The summed E-state index contributed by atoms with van der Waals surface area (Å²) in [5.41, 5.74) is 2.10. The van der Waals surface area contributed by atoms with Gasteiger partial charge >= 0.3 is 0 Å². The van der Waals surface area contributed by atoms with Gasteiger partial charge in [0.2, 0.25) is 5.91 Å². The minimum atomic E-state index is -3.22. The molecule has 140 valence electrons. The van der Waals surface area contributed by atoms with Gasteiger partial charge in [0.15, 0.2) is 15.0 Å². The van der Waals surface area contributed by atoms with E-state index in [1.807, 2.05) is 29.6 Å². The molecular formula is C18H16BrN3O3S2. The Morgan fingerprint density at radius 1 is 1.15 bits per heavy atom. The average Bonchev–Trinajstić information content (AvgIpc) is 3.01. The van der Waals surface area contributed by atoms with Crippen LogP contribution < -0.4 is 10.6 Å². The number of sulfone groups is 1. The van der Waals surface area contributed by atoms with E-state index in [-0.39, 0.29) is 17.2 Å². The predicted octanol–water partition coefficient (Wildman–Crippen LogP) is 4.23. The molecule has 1 amide bonds. The van der Waals surface area contributed by atoms with Gasteiger partial charge in [-0.3, -0.25) is 4.79 Å². The van der Waals surface area contributed by atoms with Gasteiger partial charge in [-0.15, -0.1) is 11.3 Å². The fraction of sp³-hybridized carbons (Fsp3) is 0.111. The number of anilines is 3. The molecule has 9 heteroatoms. The van der Waals surface area contributed by atoms with Crippen molar-refractivity contribution in [2.75, 3.05) is 16.9 Å². The summed E-state index contributed by atoms with van der Waals surface area (Å²) in [4.78, 5) is 16.8. The molecule has 27 heavy (non-hydrogen) atoms. The summed E-state index contributed by atoms with van der Waals surface area (Å²) in [5, 5.41) is 8.38. The zero-order valence-electron chi connectivity index (χ0n) is 14.3. The number of halogens is 1. The van der Waals surface area contributed by atoms with Crippen LogP contribution >= 0.6 is 27.3 Å². The van der Waals surface area contributed by atoms with E-state index in [1.165, 1.54) is 29.7 Å². The van der Waals surface area contributed by atoms with Crippen LogP contribution in [0, 0.1) is 0 Å². The molecule has 2 N–H and O–H groups in total. The first kappa shape index (κ1) is 19.5. The van der Waals surface area contributed by atoms with Crippen molar-refractivity contribution < 1.29 is 13.2 Å². The van der Waals surface area contributed by atoms with Crippen molar-refractivity contribution in [1.82, 2.24) is 4.98 Å². The number of hydrogen-bond donors (Lipinski definition) is 2. The smallest absolute Gasteiger partial charge is 0.230 e. The molecule has 6 nitrogen and oxygen atoms in total. The van der Waals surface area contributed by atoms with Crippen molar-refractivity contribution in [3.8, 4) is 0 Å². The number of nitrogens with zero attached hydrogens (tertiary/aromatic N) is 1. The van der Waals surface area contributed by atoms with Gasteiger partial charge in [-0.2, -0.15) is 0 Å². The third-order valence-corrected chi connectivity index (χ3v) is 5.96. The maximum Gasteiger partial charge on any atom is 0.230 e. The minimum absolute atomic E-state index is 0.151. The van der Waals surface area contributed by atoms with E-state index < -0.39 is 9.84 Å². The van der Waals surface area contributed by atoms with Gasteiger partial charge in [-0.25, -0.2) is 13.4 Å². The zero-order valence-corrected chi connectivity index (χ0v) is 17.5. The maximum absolute atomic E-state index is 12.2. The molecule has 0 unspecified atom stereocenters. The van der Waals surface area contributed by atoms with Crippen molar-refractivity contribution in [2.45, 2.75) is 11.3 Å². The number of amides is 1. The molecular weight excluding hydrogens is 450 g/mol. The van der Waals surface area contributed by atoms with Gasteiger partial charge in [0.05, 0.1) is 17.0 Å². The first-order valence-corrected chi connectivity index (χ1v) is 11.4. The van der Waals surface area contributed by atoms with Crippen LogP contribution in [0.5, 0.6) is 0 Å². The van der Waals surface area contributed by atoms with Crippen LogP contribution in [0.3, 0.4) is 0 Å². The highest BCUT2D eigenvalue weighted by Gasteiger charge is 2.10. The van der Waals surface area contributed by atoms with Gasteiger partial charge < -0.3 is 10.6 Å². The fourth-order valence-electron chi connectivity index (χ4n) is 2.29. The van der Waals surface area contributed by atoms with Crippen LogP contribution in [0.1, 0.15) is 5.69 Å². The van der Waals surface area contributed by atoms with E-state index >= 15 is 0 Å². The Morgan fingerprint density at radius 2 is 1.89 bits per heavy atom. The van der Waals surface area contributed by atoms with Crippen LogP contribution in [-0.4, -0.2) is 25.6 Å². The lowest BCUT2D eigenvalue weighted by molar-refractivity contribution is -0.115. The second kappa shape index (κ2) is 8.20. The standard InChI is InChI=1S/C18H16BrN3O3S2/c1-27(24,25)16-7-5-13(6-8-16)21-18-22-15(11-26-18)10-17(23)20-14-4-2-3-12(19)9-14/h2-9,11H,10H2,1H3,(H,20,23)(H,21,22). The highest BCUT2D eigenvalue weighted by molar-refractivity contribution is 9.10. The van der Waals surface area contributed by atoms with Gasteiger partial charge in [-0.05, 0) is 42.5 Å². The topological polar surface area (TPSA) is 88.2 Å². The van der Waals surface area contributed by atoms with E-state index in [9.17, 15) is 13.2 Å². The molecule has 1 aromatic heterocycles. The molecule has 2 aromatic carbocycles. The summed E-state index contributed by atoms with van der Waals surface area (Å²) in [5.74, 6) is -0.151. The van der Waals surface area contributed by atoms with Gasteiger partial charge in [0.25, 0.3) is 0 Å². The zero-order chi connectivity index (χ0) is 19.4. The lowest BCUT2D eigenvalue weighted by atomic mass is 10.3. The highest BCUT2D eigenvalue weighted by Crippen LogP contribution is 2.23. The molecule has 0 saturated carbocycles. The Balaban J connectivity index is 1.60. The Morgan fingerprint density at radius 3 is 2.56 bits per heavy atom.